The van der Waals surface area contributed by atoms with Gasteiger partial charge in [0, 0.05) is 11.4 Å². The van der Waals surface area contributed by atoms with Crippen LogP contribution in [0, 0.1) is 5.92 Å². The first kappa shape index (κ1) is 11.0. The van der Waals surface area contributed by atoms with Gasteiger partial charge in [0.05, 0.1) is 5.69 Å². The van der Waals surface area contributed by atoms with Crippen LogP contribution in [0.3, 0.4) is 0 Å². The fourth-order valence-electron chi connectivity index (χ4n) is 2.33. The van der Waals surface area contributed by atoms with Crippen molar-refractivity contribution < 1.29 is 9.90 Å². The summed E-state index contributed by atoms with van der Waals surface area (Å²) in [5.74, 6) is -0.195. The van der Waals surface area contributed by atoms with Gasteiger partial charge in [0.1, 0.15) is 5.92 Å². The Balaban J connectivity index is 1.63. The van der Waals surface area contributed by atoms with Crippen molar-refractivity contribution in [3.8, 4) is 0 Å². The van der Waals surface area contributed by atoms with E-state index in [-0.39, 0.29) is 5.92 Å². The highest BCUT2D eigenvalue weighted by molar-refractivity contribution is 7.15. The van der Waals surface area contributed by atoms with Crippen LogP contribution < -0.4 is 5.32 Å². The van der Waals surface area contributed by atoms with Crippen LogP contribution >= 0.6 is 11.3 Å². The quantitative estimate of drug-likeness (QED) is 0.845. The molecule has 3 rings (SSSR count). The molecule has 2 aliphatic carbocycles. The van der Waals surface area contributed by atoms with Crippen LogP contribution in [0.2, 0.25) is 0 Å². The van der Waals surface area contributed by atoms with Gasteiger partial charge >= 0.3 is 5.97 Å². The van der Waals surface area contributed by atoms with Crippen molar-refractivity contribution in [1.29, 1.82) is 0 Å². The Labute approximate surface area is 104 Å². The topological polar surface area (TPSA) is 62.2 Å². The smallest absolute Gasteiger partial charge is 0.312 e. The van der Waals surface area contributed by atoms with Gasteiger partial charge in [0.15, 0.2) is 5.13 Å². The summed E-state index contributed by atoms with van der Waals surface area (Å²) in [5, 5.41) is 13.3. The first-order chi connectivity index (χ1) is 8.24. The minimum atomic E-state index is -0.737. The standard InChI is InChI=1S/C12H16N2O2S/c15-11(16)8-3-4-9-10(8)14-12(17-9)13-6-5-7-1-2-7/h7-8H,1-6H2,(H,13,14)(H,15,16). The van der Waals surface area contributed by atoms with E-state index in [0.717, 1.165) is 34.6 Å². The zero-order valence-electron chi connectivity index (χ0n) is 9.61. The number of nitrogens with one attached hydrogen (secondary N) is 1. The fourth-order valence-corrected chi connectivity index (χ4v) is 3.40. The van der Waals surface area contributed by atoms with Crippen LogP contribution in [-0.4, -0.2) is 22.6 Å². The average molecular weight is 252 g/mol. The fraction of sp³-hybridized carbons (Fsp3) is 0.667. The molecule has 0 radical (unpaired) electrons. The lowest BCUT2D eigenvalue weighted by Gasteiger charge is -2.03. The predicted octanol–water partition coefficient (Wildman–Crippen LogP) is 2.47. The zero-order chi connectivity index (χ0) is 11.8. The Hall–Kier alpha value is -1.10. The van der Waals surface area contributed by atoms with E-state index in [2.05, 4.69) is 10.3 Å². The van der Waals surface area contributed by atoms with Gasteiger partial charge in [0.25, 0.3) is 0 Å². The second kappa shape index (κ2) is 4.29. The van der Waals surface area contributed by atoms with Crippen LogP contribution in [0.4, 0.5) is 5.13 Å². The summed E-state index contributed by atoms with van der Waals surface area (Å²) in [7, 11) is 0. The van der Waals surface area contributed by atoms with Crippen molar-refractivity contribution in [2.24, 2.45) is 5.92 Å². The number of anilines is 1. The van der Waals surface area contributed by atoms with E-state index < -0.39 is 5.97 Å². The number of carboxylic acids is 1. The highest BCUT2D eigenvalue weighted by Crippen LogP contribution is 2.38. The molecule has 0 saturated heterocycles. The molecule has 92 valence electrons. The number of aryl methyl sites for hydroxylation is 1. The molecule has 5 heteroatoms. The number of fused-ring (bicyclic) bond motifs is 1. The maximum Gasteiger partial charge on any atom is 0.312 e. The Bertz CT molecular complexity index is 440. The molecule has 1 aromatic rings. The largest absolute Gasteiger partial charge is 0.481 e. The summed E-state index contributed by atoms with van der Waals surface area (Å²) in [6.07, 6.45) is 5.54. The summed E-state index contributed by atoms with van der Waals surface area (Å²) < 4.78 is 0. The number of rotatable bonds is 5. The van der Waals surface area contributed by atoms with Gasteiger partial charge < -0.3 is 10.4 Å². The van der Waals surface area contributed by atoms with Crippen molar-refractivity contribution in [1.82, 2.24) is 4.98 Å². The van der Waals surface area contributed by atoms with Crippen molar-refractivity contribution in [2.45, 2.75) is 38.0 Å². The van der Waals surface area contributed by atoms with E-state index in [1.165, 1.54) is 19.3 Å². The third-order valence-electron chi connectivity index (χ3n) is 3.54. The van der Waals surface area contributed by atoms with Crippen molar-refractivity contribution in [3.63, 3.8) is 0 Å². The van der Waals surface area contributed by atoms with E-state index in [1.807, 2.05) is 0 Å². The van der Waals surface area contributed by atoms with Crippen LogP contribution in [0.25, 0.3) is 0 Å². The van der Waals surface area contributed by atoms with Gasteiger partial charge in [-0.1, -0.05) is 12.8 Å². The van der Waals surface area contributed by atoms with Gasteiger partial charge in [0.2, 0.25) is 0 Å². The molecule has 1 aromatic heterocycles. The number of thiazole rings is 1. The van der Waals surface area contributed by atoms with Crippen molar-refractivity contribution in [3.05, 3.63) is 10.6 Å². The molecule has 0 amide bonds. The van der Waals surface area contributed by atoms with Gasteiger partial charge in [-0.25, -0.2) is 4.98 Å². The minimum absolute atomic E-state index is 0.375. The first-order valence-electron chi connectivity index (χ1n) is 6.20. The molecule has 0 bridgehead atoms. The lowest BCUT2D eigenvalue weighted by atomic mass is 10.1. The lowest BCUT2D eigenvalue weighted by molar-refractivity contribution is -0.138. The van der Waals surface area contributed by atoms with E-state index in [0.29, 0.717) is 6.42 Å². The van der Waals surface area contributed by atoms with Gasteiger partial charge in [-0.15, -0.1) is 11.3 Å². The van der Waals surface area contributed by atoms with Gasteiger partial charge in [-0.2, -0.15) is 0 Å². The second-order valence-electron chi connectivity index (χ2n) is 4.92. The monoisotopic (exact) mass is 252 g/mol. The second-order valence-corrected chi connectivity index (χ2v) is 6.00. The number of nitrogens with zero attached hydrogens (tertiary/aromatic N) is 1. The molecule has 0 spiro atoms. The predicted molar refractivity (Wildman–Crippen MR) is 66.6 cm³/mol. The highest BCUT2D eigenvalue weighted by atomic mass is 32.1. The normalized spacial score (nSPS) is 22.5. The molecule has 1 saturated carbocycles. The number of aliphatic carboxylic acids is 1. The molecule has 1 heterocycles. The molecule has 0 aliphatic heterocycles. The third kappa shape index (κ3) is 2.29. The maximum atomic E-state index is 11.0. The van der Waals surface area contributed by atoms with Gasteiger partial charge in [-0.3, -0.25) is 4.79 Å². The number of carbonyl (C=O) groups is 1. The highest BCUT2D eigenvalue weighted by Gasteiger charge is 2.32. The number of aromatic nitrogens is 1. The molecular weight excluding hydrogens is 236 g/mol. The van der Waals surface area contributed by atoms with E-state index in [9.17, 15) is 4.79 Å². The van der Waals surface area contributed by atoms with Crippen molar-refractivity contribution in [2.75, 3.05) is 11.9 Å². The molecule has 1 unspecified atom stereocenters. The molecule has 4 nitrogen and oxygen atoms in total. The van der Waals surface area contributed by atoms with E-state index in [4.69, 9.17) is 5.11 Å². The number of hydrogen-bond donors (Lipinski definition) is 2. The third-order valence-corrected chi connectivity index (χ3v) is 4.63. The maximum absolute atomic E-state index is 11.0. The van der Waals surface area contributed by atoms with Crippen LogP contribution in [0.5, 0.6) is 0 Å². The summed E-state index contributed by atoms with van der Waals surface area (Å²) in [6.45, 7) is 0.967. The summed E-state index contributed by atoms with van der Waals surface area (Å²) in [6, 6.07) is 0. The Morgan fingerprint density at radius 2 is 2.29 bits per heavy atom. The molecule has 0 aromatic carbocycles. The molecule has 1 fully saturated rings. The van der Waals surface area contributed by atoms with Crippen molar-refractivity contribution >= 4 is 22.4 Å². The zero-order valence-corrected chi connectivity index (χ0v) is 10.4. The van der Waals surface area contributed by atoms with E-state index in [1.54, 1.807) is 11.3 Å². The first-order valence-corrected chi connectivity index (χ1v) is 7.02. The molecule has 1 atom stereocenters. The summed E-state index contributed by atoms with van der Waals surface area (Å²) in [5.41, 5.74) is 0.802. The van der Waals surface area contributed by atoms with Crippen LogP contribution in [0.1, 0.15) is 42.2 Å². The molecule has 17 heavy (non-hydrogen) atoms. The summed E-state index contributed by atoms with van der Waals surface area (Å²) in [4.78, 5) is 16.6. The molecule has 2 aliphatic rings. The molecule has 2 N–H and O–H groups in total. The van der Waals surface area contributed by atoms with Gasteiger partial charge in [-0.05, 0) is 25.2 Å². The van der Waals surface area contributed by atoms with Crippen LogP contribution in [-0.2, 0) is 11.2 Å². The lowest BCUT2D eigenvalue weighted by Crippen LogP contribution is -2.09. The minimum Gasteiger partial charge on any atom is -0.481 e. The number of hydrogen-bond acceptors (Lipinski definition) is 4. The number of carboxylic acid groups (broad SMARTS) is 1. The summed E-state index contributed by atoms with van der Waals surface area (Å²) >= 11 is 1.63. The van der Waals surface area contributed by atoms with Crippen LogP contribution in [0.15, 0.2) is 0 Å². The average Bonchev–Trinajstić information content (AvgIpc) is 2.86. The molecular formula is C12H16N2O2S. The van der Waals surface area contributed by atoms with E-state index >= 15 is 0 Å². The Kier molecular flexibility index (Phi) is 2.78. The Morgan fingerprint density at radius 3 is 3.00 bits per heavy atom. The Morgan fingerprint density at radius 1 is 1.47 bits per heavy atom. The SMILES string of the molecule is O=C(O)C1CCc2sc(NCCC3CC3)nc21.